The summed E-state index contributed by atoms with van der Waals surface area (Å²) in [5.41, 5.74) is 17.5. The number of benzene rings is 7. The van der Waals surface area contributed by atoms with Crippen molar-refractivity contribution in [3.63, 3.8) is 0 Å². The van der Waals surface area contributed by atoms with Gasteiger partial charge >= 0.3 is 0 Å². The molecule has 73 heavy (non-hydrogen) atoms. The van der Waals surface area contributed by atoms with E-state index in [9.17, 15) is 10.5 Å². The van der Waals surface area contributed by atoms with Crippen molar-refractivity contribution in [2.24, 2.45) is 0 Å². The van der Waals surface area contributed by atoms with Gasteiger partial charge in [0, 0.05) is 39.5 Å². The van der Waals surface area contributed by atoms with Crippen LogP contribution in [0.15, 0.2) is 182 Å². The molecule has 352 valence electrons. The third-order valence-electron chi connectivity index (χ3n) is 17.5. The summed E-state index contributed by atoms with van der Waals surface area (Å²) in [7, 11) is 0. The van der Waals surface area contributed by atoms with Gasteiger partial charge < -0.3 is 9.80 Å². The Bertz CT molecular complexity index is 3650. The lowest BCUT2D eigenvalue weighted by Gasteiger charge is -2.49. The molecule has 9 aromatic rings. The third kappa shape index (κ3) is 5.56. The Morgan fingerprint density at radius 2 is 0.767 bits per heavy atom. The zero-order valence-electron chi connectivity index (χ0n) is 42.5. The zero-order valence-corrected chi connectivity index (χ0v) is 42.5. The molecule has 4 heterocycles. The number of hydrogen-bond acceptors (Lipinski definition) is 6. The molecule has 0 N–H and O–H groups in total. The lowest BCUT2D eigenvalue weighted by molar-refractivity contribution is 0.231. The van der Waals surface area contributed by atoms with Crippen LogP contribution in [0.5, 0.6) is 0 Å². The predicted molar refractivity (Wildman–Crippen MR) is 295 cm³/mol. The smallest absolute Gasteiger partial charge is 0.102 e. The van der Waals surface area contributed by atoms with E-state index in [0.29, 0.717) is 22.5 Å². The van der Waals surface area contributed by atoms with Crippen molar-refractivity contribution in [1.29, 1.82) is 10.5 Å². The summed E-state index contributed by atoms with van der Waals surface area (Å²) >= 11 is 0. The van der Waals surface area contributed by atoms with E-state index < -0.39 is 27.1 Å². The minimum Gasteiger partial charge on any atom is -0.305 e. The van der Waals surface area contributed by atoms with Gasteiger partial charge in [-0.15, -0.1) is 0 Å². The maximum absolute atomic E-state index is 12.5. The summed E-state index contributed by atoms with van der Waals surface area (Å²) in [6.45, 7) is 18.3. The van der Waals surface area contributed by atoms with Crippen LogP contribution in [0.25, 0.3) is 33.4 Å². The molecule has 0 radical (unpaired) electrons. The topological polar surface area (TPSA) is 79.8 Å². The number of nitriles is 2. The average Bonchev–Trinajstić information content (AvgIpc) is 3.80. The van der Waals surface area contributed by atoms with Gasteiger partial charge in [0.2, 0.25) is 0 Å². The molecule has 0 fully saturated rings. The highest BCUT2D eigenvalue weighted by atomic mass is 15.2. The fourth-order valence-corrected chi connectivity index (χ4v) is 14.6. The van der Waals surface area contributed by atoms with E-state index in [1.54, 1.807) is 0 Å². The minimum atomic E-state index is -0.739. The Labute approximate surface area is 428 Å². The van der Waals surface area contributed by atoms with Crippen LogP contribution in [0.2, 0.25) is 0 Å². The molecular formula is C67H54N6. The molecule has 13 rings (SSSR count). The van der Waals surface area contributed by atoms with Crippen molar-refractivity contribution in [2.75, 3.05) is 9.80 Å². The Morgan fingerprint density at radius 1 is 0.384 bits per heavy atom. The first kappa shape index (κ1) is 44.4. The summed E-state index contributed by atoms with van der Waals surface area (Å²) in [6.07, 6.45) is 3.75. The summed E-state index contributed by atoms with van der Waals surface area (Å²) in [5.74, 6) is 0. The Kier molecular flexibility index (Phi) is 9.25. The lowest BCUT2D eigenvalue weighted by atomic mass is 9.52. The first-order chi connectivity index (χ1) is 35.2. The molecule has 0 saturated carbocycles. The number of pyridine rings is 2. The van der Waals surface area contributed by atoms with Crippen LogP contribution in [0.1, 0.15) is 111 Å². The molecule has 2 aliphatic carbocycles. The Hall–Kier alpha value is -8.58. The van der Waals surface area contributed by atoms with Gasteiger partial charge in [-0.25, -0.2) is 0 Å². The predicted octanol–water partition coefficient (Wildman–Crippen LogP) is 16.3. The first-order valence-electron chi connectivity index (χ1n) is 25.4. The first-order valence-corrected chi connectivity index (χ1v) is 25.4. The van der Waals surface area contributed by atoms with Gasteiger partial charge in [0.25, 0.3) is 0 Å². The minimum absolute atomic E-state index is 0.533. The van der Waals surface area contributed by atoms with E-state index in [0.717, 1.165) is 78.6 Å². The maximum atomic E-state index is 12.5. The number of fused-ring (bicyclic) bond motifs is 10. The molecular weight excluding hydrogens is 889 g/mol. The van der Waals surface area contributed by atoms with Crippen LogP contribution in [0.3, 0.4) is 0 Å². The van der Waals surface area contributed by atoms with E-state index in [4.69, 9.17) is 9.97 Å². The summed E-state index contributed by atoms with van der Waals surface area (Å²) in [5, 5.41) is 25.1. The number of aromatic nitrogens is 2. The van der Waals surface area contributed by atoms with Crippen molar-refractivity contribution in [3.05, 3.63) is 238 Å². The van der Waals surface area contributed by atoms with E-state index in [1.807, 2.05) is 36.7 Å². The highest BCUT2D eigenvalue weighted by Gasteiger charge is 2.69. The van der Waals surface area contributed by atoms with Gasteiger partial charge in [0.05, 0.1) is 56.6 Å². The van der Waals surface area contributed by atoms with Gasteiger partial charge in [0.15, 0.2) is 0 Å². The molecule has 2 aliphatic heterocycles. The van der Waals surface area contributed by atoms with Crippen molar-refractivity contribution in [3.8, 4) is 45.5 Å². The number of nitrogens with zero attached hydrogens (tertiary/aromatic N) is 6. The van der Waals surface area contributed by atoms with Crippen molar-refractivity contribution in [2.45, 2.75) is 82.5 Å². The molecule has 0 bridgehead atoms. The average molecular weight is 943 g/mol. The lowest BCUT2D eigenvalue weighted by Crippen LogP contribution is -2.51. The second-order valence-electron chi connectivity index (χ2n) is 22.4. The van der Waals surface area contributed by atoms with E-state index >= 15 is 0 Å². The number of hydrogen-bond donors (Lipinski definition) is 0. The van der Waals surface area contributed by atoms with Crippen LogP contribution >= 0.6 is 0 Å². The van der Waals surface area contributed by atoms with Gasteiger partial charge in [-0.2, -0.15) is 10.5 Å². The van der Waals surface area contributed by atoms with Crippen molar-refractivity contribution in [1.82, 2.24) is 9.97 Å². The second kappa shape index (κ2) is 15.2. The van der Waals surface area contributed by atoms with Crippen LogP contribution in [0, 0.1) is 22.7 Å². The Morgan fingerprint density at radius 3 is 1.16 bits per heavy atom. The summed E-state index contributed by atoms with van der Waals surface area (Å²) in [6, 6.07) is 66.2. The molecule has 2 aromatic heterocycles. The highest BCUT2D eigenvalue weighted by molar-refractivity contribution is 6.04. The monoisotopic (exact) mass is 942 g/mol. The number of rotatable bonds is 4. The normalized spacial score (nSPS) is 17.0. The quantitative estimate of drug-likeness (QED) is 0.175. The van der Waals surface area contributed by atoms with Crippen molar-refractivity contribution >= 4 is 34.1 Å². The zero-order chi connectivity index (χ0) is 50.4. The molecule has 0 saturated heterocycles. The molecule has 0 unspecified atom stereocenters. The second-order valence-corrected chi connectivity index (χ2v) is 22.4. The van der Waals surface area contributed by atoms with E-state index in [-0.39, 0.29) is 0 Å². The standard InChI is InChI=1S/C67H54N6/c1-63(2)51-37-43(41-21-11-9-12-22-41)31-33-53(51)72(55-29-19-35-70-61(55)63)59-47(39-68)57-58(66(7,8)67(65(57,5)6)49-27-17-15-25-45(49)46-26-16-18-28-50(46)67)48(40-69)60(59)73-54-34-32-44(42-23-13-10-14-24-42)38-52(54)64(3,4)62-56(73)30-20-36-71-62/h9-38H,1-8H3. The molecule has 0 atom stereocenters. The van der Waals surface area contributed by atoms with E-state index in [1.165, 1.54) is 22.3 Å². The molecule has 4 aliphatic rings. The summed E-state index contributed by atoms with van der Waals surface area (Å²) < 4.78 is 0. The van der Waals surface area contributed by atoms with Crippen molar-refractivity contribution < 1.29 is 0 Å². The fraction of sp³-hybridized carbons (Fsp3) is 0.194. The van der Waals surface area contributed by atoms with Crippen LogP contribution in [-0.4, -0.2) is 9.97 Å². The van der Waals surface area contributed by atoms with Gasteiger partial charge in [-0.1, -0.05) is 149 Å². The SMILES string of the molecule is CC1(C)c2cc(-c3ccccc3)ccc2N(c2c(C#N)c3c(c(C#N)c2N2c4ccc(-c5ccccc5)cc4C(C)(C)c4ncccc42)C(C)(C)C2(c4ccccc4-c4ccccc42)C3(C)C)c2cccnc21. The molecule has 1 spiro atoms. The fourth-order valence-electron chi connectivity index (χ4n) is 14.6. The van der Waals surface area contributed by atoms with Crippen LogP contribution in [0.4, 0.5) is 34.1 Å². The summed E-state index contributed by atoms with van der Waals surface area (Å²) in [4.78, 5) is 15.0. The Balaban J connectivity index is 1.22. The van der Waals surface area contributed by atoms with Gasteiger partial charge in [-0.3, -0.25) is 9.97 Å². The third-order valence-corrected chi connectivity index (χ3v) is 17.5. The van der Waals surface area contributed by atoms with Gasteiger partial charge in [0.1, 0.15) is 12.1 Å². The molecule has 6 heteroatoms. The van der Waals surface area contributed by atoms with Crippen LogP contribution in [-0.2, 0) is 27.1 Å². The van der Waals surface area contributed by atoms with Crippen LogP contribution < -0.4 is 9.80 Å². The largest absolute Gasteiger partial charge is 0.305 e. The highest BCUT2D eigenvalue weighted by Crippen LogP contribution is 2.73. The molecule has 7 aromatic carbocycles. The van der Waals surface area contributed by atoms with Gasteiger partial charge in [-0.05, 0) is 143 Å². The molecule has 0 amide bonds. The number of anilines is 6. The maximum Gasteiger partial charge on any atom is 0.102 e. The molecule has 6 nitrogen and oxygen atoms in total. The van der Waals surface area contributed by atoms with E-state index in [2.05, 4.69) is 223 Å².